The van der Waals surface area contributed by atoms with Gasteiger partial charge in [0.05, 0.1) is 4.90 Å². The molecule has 1 aromatic heterocycles. The molecule has 0 aliphatic carbocycles. The van der Waals surface area contributed by atoms with E-state index in [-0.39, 0.29) is 0 Å². The Bertz CT molecular complexity index is 682. The Kier molecular flexibility index (Phi) is 2.60. The number of fused-ring (bicyclic) bond motifs is 3. The van der Waals surface area contributed by atoms with Crippen molar-refractivity contribution in [2.45, 2.75) is 18.2 Å². The molecule has 0 atom stereocenters. The second kappa shape index (κ2) is 4.11. The zero-order valence-electron chi connectivity index (χ0n) is 9.99. The largest absolute Gasteiger partial charge is 0.459 e. The van der Waals surface area contributed by atoms with Crippen LogP contribution in [-0.4, -0.2) is 6.26 Å². The molecule has 3 rings (SSSR count). The van der Waals surface area contributed by atoms with Crippen LogP contribution in [0.4, 0.5) is 0 Å². The van der Waals surface area contributed by atoms with Gasteiger partial charge in [0.1, 0.15) is 11.3 Å². The van der Waals surface area contributed by atoms with Gasteiger partial charge in [-0.05, 0) is 17.7 Å². The van der Waals surface area contributed by atoms with E-state index in [1.807, 2.05) is 0 Å². The number of thioether (sulfide) groups is 1. The van der Waals surface area contributed by atoms with Crippen LogP contribution in [-0.2, 0) is 6.42 Å². The topological polar surface area (TPSA) is 13.1 Å². The van der Waals surface area contributed by atoms with Crippen LogP contribution >= 0.6 is 11.8 Å². The van der Waals surface area contributed by atoms with Crippen LogP contribution in [0.3, 0.4) is 0 Å². The van der Waals surface area contributed by atoms with Crippen molar-refractivity contribution in [1.29, 1.82) is 0 Å². The van der Waals surface area contributed by atoms with Crippen molar-refractivity contribution in [3.05, 3.63) is 42.2 Å². The van der Waals surface area contributed by atoms with Crippen molar-refractivity contribution in [2.75, 3.05) is 6.26 Å². The van der Waals surface area contributed by atoms with E-state index in [4.69, 9.17) is 4.42 Å². The molecule has 1 nitrogen and oxygen atoms in total. The van der Waals surface area contributed by atoms with E-state index in [0.29, 0.717) is 0 Å². The van der Waals surface area contributed by atoms with Crippen LogP contribution in [0.25, 0.3) is 21.7 Å². The molecule has 0 spiro atoms. The van der Waals surface area contributed by atoms with E-state index >= 15 is 0 Å². The Morgan fingerprint density at radius 1 is 1.06 bits per heavy atom. The fourth-order valence-electron chi connectivity index (χ4n) is 2.31. The molecule has 86 valence electrons. The highest BCUT2D eigenvalue weighted by atomic mass is 32.2. The Morgan fingerprint density at radius 3 is 2.65 bits per heavy atom. The van der Waals surface area contributed by atoms with Crippen LogP contribution in [0.1, 0.15) is 12.7 Å². The fraction of sp³-hybridized carbons (Fsp3) is 0.200. The molecule has 0 bridgehead atoms. The van der Waals surface area contributed by atoms with Gasteiger partial charge in [-0.2, -0.15) is 0 Å². The van der Waals surface area contributed by atoms with Gasteiger partial charge in [-0.3, -0.25) is 0 Å². The standard InChI is InChI=1S/C15H14OS/c1-3-13-15(17-2)12-9-8-10-6-4-5-7-11(10)14(12)16-13/h4-9H,3H2,1-2H3. The van der Waals surface area contributed by atoms with Crippen LogP contribution in [0.2, 0.25) is 0 Å². The zero-order chi connectivity index (χ0) is 11.8. The minimum Gasteiger partial charge on any atom is -0.459 e. The van der Waals surface area contributed by atoms with Gasteiger partial charge >= 0.3 is 0 Å². The minimum absolute atomic E-state index is 0.944. The van der Waals surface area contributed by atoms with Gasteiger partial charge in [0.15, 0.2) is 0 Å². The van der Waals surface area contributed by atoms with E-state index in [1.165, 1.54) is 21.1 Å². The molecule has 0 saturated carbocycles. The summed E-state index contributed by atoms with van der Waals surface area (Å²) in [6.07, 6.45) is 3.05. The number of benzene rings is 2. The summed E-state index contributed by atoms with van der Waals surface area (Å²) >= 11 is 1.77. The van der Waals surface area contributed by atoms with E-state index < -0.39 is 0 Å². The van der Waals surface area contributed by atoms with Crippen LogP contribution in [0.5, 0.6) is 0 Å². The van der Waals surface area contributed by atoms with Crippen molar-refractivity contribution in [3.8, 4) is 0 Å². The monoisotopic (exact) mass is 242 g/mol. The number of hydrogen-bond acceptors (Lipinski definition) is 2. The van der Waals surface area contributed by atoms with Gasteiger partial charge in [0.2, 0.25) is 0 Å². The Balaban J connectivity index is 2.47. The molecular formula is C15H14OS. The number of aryl methyl sites for hydroxylation is 1. The fourth-order valence-corrected chi connectivity index (χ4v) is 3.10. The number of rotatable bonds is 2. The summed E-state index contributed by atoms with van der Waals surface area (Å²) in [6, 6.07) is 12.7. The molecule has 0 unspecified atom stereocenters. The lowest BCUT2D eigenvalue weighted by atomic mass is 10.1. The molecule has 0 fully saturated rings. The van der Waals surface area contributed by atoms with Crippen molar-refractivity contribution < 1.29 is 4.42 Å². The third-order valence-corrected chi connectivity index (χ3v) is 3.98. The molecule has 1 heterocycles. The molecule has 2 aromatic carbocycles. The smallest absolute Gasteiger partial charge is 0.143 e. The highest BCUT2D eigenvalue weighted by Gasteiger charge is 2.13. The molecular weight excluding hydrogens is 228 g/mol. The third-order valence-electron chi connectivity index (χ3n) is 3.13. The lowest BCUT2D eigenvalue weighted by Gasteiger charge is -1.98. The first kappa shape index (κ1) is 10.7. The second-order valence-electron chi connectivity index (χ2n) is 4.08. The van der Waals surface area contributed by atoms with Crippen molar-refractivity contribution in [3.63, 3.8) is 0 Å². The summed E-state index contributed by atoms with van der Waals surface area (Å²) in [7, 11) is 0. The maximum Gasteiger partial charge on any atom is 0.143 e. The van der Waals surface area contributed by atoms with E-state index in [2.05, 4.69) is 49.6 Å². The highest BCUT2D eigenvalue weighted by Crippen LogP contribution is 2.36. The Morgan fingerprint density at radius 2 is 1.88 bits per heavy atom. The molecule has 3 aromatic rings. The second-order valence-corrected chi connectivity index (χ2v) is 4.89. The van der Waals surface area contributed by atoms with Gasteiger partial charge < -0.3 is 4.42 Å². The van der Waals surface area contributed by atoms with Gasteiger partial charge in [-0.15, -0.1) is 11.8 Å². The van der Waals surface area contributed by atoms with Crippen LogP contribution in [0, 0.1) is 0 Å². The lowest BCUT2D eigenvalue weighted by molar-refractivity contribution is 0.548. The molecule has 0 N–H and O–H groups in total. The molecule has 0 amide bonds. The van der Waals surface area contributed by atoms with Gasteiger partial charge in [-0.1, -0.05) is 37.3 Å². The molecule has 0 saturated heterocycles. The molecule has 2 heteroatoms. The molecule has 0 radical (unpaired) electrons. The SMILES string of the molecule is CCc1oc2c(ccc3ccccc32)c1SC. The van der Waals surface area contributed by atoms with Gasteiger partial charge in [0, 0.05) is 17.2 Å². The van der Waals surface area contributed by atoms with Crippen LogP contribution in [0.15, 0.2) is 45.7 Å². The van der Waals surface area contributed by atoms with Crippen molar-refractivity contribution in [1.82, 2.24) is 0 Å². The summed E-state index contributed by atoms with van der Waals surface area (Å²) < 4.78 is 6.03. The lowest BCUT2D eigenvalue weighted by Crippen LogP contribution is -1.76. The number of furan rings is 1. The zero-order valence-corrected chi connectivity index (χ0v) is 10.8. The molecule has 17 heavy (non-hydrogen) atoms. The average Bonchev–Trinajstić information content (AvgIpc) is 2.76. The van der Waals surface area contributed by atoms with Gasteiger partial charge in [-0.25, -0.2) is 0 Å². The summed E-state index contributed by atoms with van der Waals surface area (Å²) in [4.78, 5) is 1.29. The van der Waals surface area contributed by atoms with E-state index in [0.717, 1.165) is 17.8 Å². The van der Waals surface area contributed by atoms with Crippen LogP contribution < -0.4 is 0 Å². The summed E-state index contributed by atoms with van der Waals surface area (Å²) in [5.74, 6) is 1.10. The summed E-state index contributed by atoms with van der Waals surface area (Å²) in [6.45, 7) is 2.14. The molecule has 0 aliphatic heterocycles. The quantitative estimate of drug-likeness (QED) is 0.595. The normalized spacial score (nSPS) is 11.4. The Hall–Kier alpha value is -1.41. The van der Waals surface area contributed by atoms with E-state index in [9.17, 15) is 0 Å². The van der Waals surface area contributed by atoms with E-state index in [1.54, 1.807) is 11.8 Å². The first-order valence-corrected chi connectivity index (χ1v) is 7.04. The minimum atomic E-state index is 0.944. The maximum absolute atomic E-state index is 6.03. The predicted molar refractivity (Wildman–Crippen MR) is 74.9 cm³/mol. The summed E-state index contributed by atoms with van der Waals surface area (Å²) in [5, 5.41) is 3.69. The number of hydrogen-bond donors (Lipinski definition) is 0. The maximum atomic E-state index is 6.03. The average molecular weight is 242 g/mol. The first-order valence-electron chi connectivity index (χ1n) is 5.82. The summed E-state index contributed by atoms with van der Waals surface area (Å²) in [5.41, 5.74) is 1.03. The predicted octanol–water partition coefficient (Wildman–Crippen LogP) is 4.87. The van der Waals surface area contributed by atoms with Crippen molar-refractivity contribution in [2.24, 2.45) is 0 Å². The highest BCUT2D eigenvalue weighted by molar-refractivity contribution is 7.98. The Labute approximate surface area is 105 Å². The molecule has 0 aliphatic rings. The van der Waals surface area contributed by atoms with Gasteiger partial charge in [0.25, 0.3) is 0 Å². The third kappa shape index (κ3) is 1.55. The first-order chi connectivity index (χ1) is 8.35. The van der Waals surface area contributed by atoms with Crippen molar-refractivity contribution >= 4 is 33.5 Å².